The predicted molar refractivity (Wildman–Crippen MR) is 142 cm³/mol. The molecule has 0 amide bonds. The quantitative estimate of drug-likeness (QED) is 0.355. The molecule has 5 aromatic rings. The van der Waals surface area contributed by atoms with Crippen molar-refractivity contribution in [1.29, 1.82) is 0 Å². The van der Waals surface area contributed by atoms with Crippen LogP contribution in [0.15, 0.2) is 76.3 Å². The monoisotopic (exact) mass is 477 g/mol. The topological polar surface area (TPSA) is 58.2 Å². The summed E-state index contributed by atoms with van der Waals surface area (Å²) < 4.78 is 11.6. The van der Waals surface area contributed by atoms with Gasteiger partial charge in [0.05, 0.1) is 28.0 Å². The van der Waals surface area contributed by atoms with Gasteiger partial charge < -0.3 is 9.30 Å². The van der Waals surface area contributed by atoms with Gasteiger partial charge in [0, 0.05) is 19.7 Å². The van der Waals surface area contributed by atoms with Crippen LogP contribution in [0, 0.1) is 20.8 Å². The summed E-state index contributed by atoms with van der Waals surface area (Å²) in [6.07, 6.45) is -0.501. The van der Waals surface area contributed by atoms with Crippen molar-refractivity contribution in [3.63, 3.8) is 0 Å². The summed E-state index contributed by atoms with van der Waals surface area (Å²) in [6.45, 7) is 6.13. The average molecular weight is 478 g/mol. The Hall–Kier alpha value is -4.32. The summed E-state index contributed by atoms with van der Waals surface area (Å²) in [4.78, 5) is 27.0. The van der Waals surface area contributed by atoms with Gasteiger partial charge in [-0.05, 0) is 49.6 Å². The van der Waals surface area contributed by atoms with E-state index in [2.05, 4.69) is 34.9 Å². The number of nitrogens with zero attached hydrogens (tertiary/aromatic N) is 3. The summed E-state index contributed by atoms with van der Waals surface area (Å²) in [5.74, 6) is 0.732. The van der Waals surface area contributed by atoms with Crippen molar-refractivity contribution in [3.05, 3.63) is 116 Å². The lowest BCUT2D eigenvalue weighted by atomic mass is 10.0. The normalized spacial score (nSPS) is 14.4. The average Bonchev–Trinajstić information content (AvgIpc) is 3.23. The van der Waals surface area contributed by atoms with Gasteiger partial charge in [-0.1, -0.05) is 60.2 Å². The molecular formula is C30H27N3O3. The molecule has 1 aliphatic rings. The fourth-order valence-electron chi connectivity index (χ4n) is 5.33. The predicted octanol–water partition coefficient (Wildman–Crippen LogP) is 5.10. The molecular weight excluding hydrogens is 450 g/mol. The number of hydrogen-bond acceptors (Lipinski definition) is 3. The number of benzene rings is 3. The zero-order valence-corrected chi connectivity index (χ0v) is 21.0. The highest BCUT2D eigenvalue weighted by Crippen LogP contribution is 2.47. The first-order valence-electron chi connectivity index (χ1n) is 12.0. The van der Waals surface area contributed by atoms with Gasteiger partial charge in [-0.25, -0.2) is 4.79 Å². The molecule has 0 radical (unpaired) electrons. The molecule has 6 heteroatoms. The van der Waals surface area contributed by atoms with Crippen molar-refractivity contribution in [2.75, 3.05) is 0 Å². The molecule has 6 rings (SSSR count). The summed E-state index contributed by atoms with van der Waals surface area (Å²) in [5.41, 5.74) is 7.50. The second kappa shape index (κ2) is 7.85. The van der Waals surface area contributed by atoms with Crippen molar-refractivity contribution in [2.24, 2.45) is 14.1 Å². The van der Waals surface area contributed by atoms with Crippen LogP contribution in [0.4, 0.5) is 0 Å². The van der Waals surface area contributed by atoms with Crippen LogP contribution in [0.1, 0.15) is 34.1 Å². The maximum absolute atomic E-state index is 13.8. The highest BCUT2D eigenvalue weighted by molar-refractivity contribution is 5.99. The Kier molecular flexibility index (Phi) is 4.83. The Labute approximate surface area is 208 Å². The molecule has 36 heavy (non-hydrogen) atoms. The van der Waals surface area contributed by atoms with Gasteiger partial charge in [-0.15, -0.1) is 0 Å². The van der Waals surface area contributed by atoms with E-state index in [1.54, 1.807) is 11.6 Å². The smallest absolute Gasteiger partial charge is 0.331 e. The minimum Gasteiger partial charge on any atom is -0.477 e. The molecule has 0 bridgehead atoms. The van der Waals surface area contributed by atoms with E-state index in [4.69, 9.17) is 4.74 Å². The SMILES string of the molecule is Cc1ccc([C@H]2Oc3ccc(C)cc3-n3c(-c4ccccc4C)c4c(=O)n(C)c(=O)n(C)c4c32)cc1. The zero-order chi connectivity index (χ0) is 25.3. The van der Waals surface area contributed by atoms with Crippen molar-refractivity contribution in [2.45, 2.75) is 26.9 Å². The van der Waals surface area contributed by atoms with E-state index in [9.17, 15) is 9.59 Å². The summed E-state index contributed by atoms with van der Waals surface area (Å²) in [5, 5.41) is 0.513. The van der Waals surface area contributed by atoms with Crippen LogP contribution in [-0.4, -0.2) is 13.7 Å². The first kappa shape index (κ1) is 22.2. The molecule has 0 unspecified atom stereocenters. The van der Waals surface area contributed by atoms with E-state index in [0.29, 0.717) is 10.9 Å². The van der Waals surface area contributed by atoms with Gasteiger partial charge in [-0.2, -0.15) is 0 Å². The third kappa shape index (κ3) is 3.04. The highest BCUT2D eigenvalue weighted by atomic mass is 16.5. The minimum absolute atomic E-state index is 0.315. The second-order valence-corrected chi connectivity index (χ2v) is 9.69. The fourth-order valence-corrected chi connectivity index (χ4v) is 5.33. The first-order valence-corrected chi connectivity index (χ1v) is 12.0. The lowest BCUT2D eigenvalue weighted by Gasteiger charge is -2.30. The molecule has 2 aromatic heterocycles. The Morgan fingerprint density at radius 1 is 0.806 bits per heavy atom. The number of aryl methyl sites for hydroxylation is 4. The van der Waals surface area contributed by atoms with Crippen LogP contribution in [0.25, 0.3) is 27.8 Å². The molecule has 3 heterocycles. The van der Waals surface area contributed by atoms with Gasteiger partial charge in [-0.3, -0.25) is 13.9 Å². The molecule has 6 nitrogen and oxygen atoms in total. The van der Waals surface area contributed by atoms with Crippen molar-refractivity contribution >= 4 is 10.9 Å². The van der Waals surface area contributed by atoms with Gasteiger partial charge in [0.25, 0.3) is 5.56 Å². The summed E-state index contributed by atoms with van der Waals surface area (Å²) in [7, 11) is 3.26. The van der Waals surface area contributed by atoms with Crippen LogP contribution in [0.3, 0.4) is 0 Å². The zero-order valence-electron chi connectivity index (χ0n) is 21.0. The Morgan fingerprint density at radius 3 is 2.22 bits per heavy atom. The van der Waals surface area contributed by atoms with E-state index >= 15 is 0 Å². The molecule has 0 saturated carbocycles. The maximum atomic E-state index is 13.8. The Balaban J connectivity index is 1.88. The van der Waals surface area contributed by atoms with Crippen LogP contribution < -0.4 is 16.0 Å². The lowest BCUT2D eigenvalue weighted by Crippen LogP contribution is -2.37. The maximum Gasteiger partial charge on any atom is 0.331 e. The number of ether oxygens (including phenoxy) is 1. The Morgan fingerprint density at radius 2 is 1.50 bits per heavy atom. The van der Waals surface area contributed by atoms with Crippen LogP contribution in [0.2, 0.25) is 0 Å². The molecule has 3 aromatic carbocycles. The molecule has 0 spiro atoms. The van der Waals surface area contributed by atoms with E-state index < -0.39 is 6.10 Å². The van der Waals surface area contributed by atoms with Crippen molar-refractivity contribution in [1.82, 2.24) is 13.7 Å². The summed E-state index contributed by atoms with van der Waals surface area (Å²) >= 11 is 0. The molecule has 0 saturated heterocycles. The lowest BCUT2D eigenvalue weighted by molar-refractivity contribution is 0.229. The van der Waals surface area contributed by atoms with Crippen LogP contribution in [-0.2, 0) is 14.1 Å². The third-order valence-corrected chi connectivity index (χ3v) is 7.24. The molecule has 0 fully saturated rings. The first-order chi connectivity index (χ1) is 17.3. The largest absolute Gasteiger partial charge is 0.477 e. The van der Waals surface area contributed by atoms with Gasteiger partial charge in [0.2, 0.25) is 0 Å². The molecule has 1 atom stereocenters. The molecule has 180 valence electrons. The van der Waals surface area contributed by atoms with Crippen molar-refractivity contribution in [3.8, 4) is 22.7 Å². The van der Waals surface area contributed by atoms with E-state index in [-0.39, 0.29) is 11.2 Å². The van der Waals surface area contributed by atoms with Gasteiger partial charge in [0.15, 0.2) is 6.10 Å². The summed E-state index contributed by atoms with van der Waals surface area (Å²) in [6, 6.07) is 22.4. The highest BCUT2D eigenvalue weighted by Gasteiger charge is 2.36. The second-order valence-electron chi connectivity index (χ2n) is 9.69. The molecule has 1 aliphatic heterocycles. The van der Waals surface area contributed by atoms with Gasteiger partial charge in [0.1, 0.15) is 5.75 Å². The van der Waals surface area contributed by atoms with E-state index in [0.717, 1.165) is 50.6 Å². The van der Waals surface area contributed by atoms with E-state index in [1.807, 2.05) is 57.2 Å². The number of fused-ring (bicyclic) bond motifs is 5. The minimum atomic E-state index is -0.501. The fraction of sp³-hybridized carbons (Fsp3) is 0.200. The van der Waals surface area contributed by atoms with Gasteiger partial charge >= 0.3 is 5.69 Å². The number of hydrogen-bond donors (Lipinski definition) is 0. The molecule has 0 aliphatic carbocycles. The van der Waals surface area contributed by atoms with Crippen LogP contribution in [0.5, 0.6) is 5.75 Å². The number of aromatic nitrogens is 3. The van der Waals surface area contributed by atoms with Crippen molar-refractivity contribution < 1.29 is 4.74 Å². The standard InChI is InChI=1S/C30H27N3O3/c1-17-10-13-20(14-11-17)28-27-26-24(29(34)32(5)30(35)31(26)4)25(21-9-7-6-8-19(21)3)33(27)22-16-18(2)12-15-23(22)36-28/h6-16,28H,1-5H3/t28-/m1/s1. The molecule has 0 N–H and O–H groups in total. The van der Waals surface area contributed by atoms with Crippen LogP contribution >= 0.6 is 0 Å². The number of rotatable bonds is 2. The third-order valence-electron chi connectivity index (χ3n) is 7.24. The van der Waals surface area contributed by atoms with E-state index in [1.165, 1.54) is 11.6 Å². The Bertz CT molecular complexity index is 1800.